The molecule has 15 aliphatic rings. The SMILES string of the molecule is CC1OC(OC2C(C(=O)O)OC(OC3CCC4(C)C(CCC5(C)C4CC=C4C6CC(C)(C)CCC6(C(=O)OC6OC(C)C(OC7OCC(O)C(O)C7O)C(OC7OC(C)C(OC8OC(CO)C(O)C(O)C8O)C(O)C7OC7OC(CO)C(O)C(O)C7O)C6O)CCC45C)C3(C)C=O)C(O)C2OC2OCC(OC3OCC(O)C(O)C3O)C(O)C2OC2OC(CO)C(O)C(O)C2O)C(O)C(O)C1O. The number of rotatable bonds is 25. The Hall–Kier alpha value is -3.41. The highest BCUT2D eigenvalue weighted by molar-refractivity contribution is 5.79. The average Bonchev–Trinajstić information content (AvgIpc) is 0.671. The molecule has 0 aromatic carbocycles. The van der Waals surface area contributed by atoms with Gasteiger partial charge in [0.15, 0.2) is 62.7 Å². The van der Waals surface area contributed by atoms with Gasteiger partial charge in [-0.25, -0.2) is 4.79 Å². The largest absolute Gasteiger partial charge is 0.479 e. The Bertz CT molecular complexity index is 4050. The quantitative estimate of drug-likeness (QED) is 0.0175. The van der Waals surface area contributed by atoms with Crippen LogP contribution in [-0.2, 0) is 109 Å². The number of carboxylic acid groups (broad SMARTS) is 1. The van der Waals surface area contributed by atoms with E-state index in [9.17, 15) is 142 Å². The molecular weight excluding hydrogens is 1830 g/mol. The molecule has 10 aliphatic heterocycles. The smallest absolute Gasteiger partial charge is 0.335 e. The van der Waals surface area contributed by atoms with Crippen molar-refractivity contribution in [2.75, 3.05) is 39.6 Å². The molecule has 49 nitrogen and oxygen atoms in total. The van der Waals surface area contributed by atoms with Crippen LogP contribution in [-0.4, -0.2) is 485 Å². The normalized spacial score (nSPS) is 55.0. The minimum Gasteiger partial charge on any atom is -0.479 e. The second-order valence-corrected chi connectivity index (χ2v) is 41.4. The van der Waals surface area contributed by atoms with Gasteiger partial charge < -0.3 is 232 Å². The van der Waals surface area contributed by atoms with Gasteiger partial charge in [0.1, 0.15) is 208 Å². The third-order valence-electron chi connectivity index (χ3n) is 32.8. The van der Waals surface area contributed by atoms with Crippen molar-refractivity contribution in [3.63, 3.8) is 0 Å². The number of hydrogen-bond acceptors (Lipinski definition) is 48. The van der Waals surface area contributed by atoms with Crippen LogP contribution in [0.4, 0.5) is 0 Å². The summed E-state index contributed by atoms with van der Waals surface area (Å²) in [6.07, 6.45) is -85.7. The summed E-state index contributed by atoms with van der Waals surface area (Å²) in [7, 11) is 0. The number of fused-ring (bicyclic) bond motifs is 7. The zero-order valence-corrected chi connectivity index (χ0v) is 76.4. The van der Waals surface area contributed by atoms with Crippen LogP contribution >= 0.6 is 0 Å². The minimum absolute atomic E-state index is 0.0405. The summed E-state index contributed by atoms with van der Waals surface area (Å²) in [4.78, 5) is 44.7. The van der Waals surface area contributed by atoms with Crippen molar-refractivity contribution in [2.45, 2.75) is 421 Å². The van der Waals surface area contributed by atoms with Crippen molar-refractivity contribution < 1.29 is 242 Å². The molecule has 14 fully saturated rings. The molecule has 0 aromatic rings. The van der Waals surface area contributed by atoms with Gasteiger partial charge in [0.2, 0.25) is 6.29 Å². The highest BCUT2D eigenvalue weighted by Gasteiger charge is 2.72. The summed E-state index contributed by atoms with van der Waals surface area (Å²) in [5, 5.41) is 289. The van der Waals surface area contributed by atoms with Crippen molar-refractivity contribution >= 4 is 18.2 Å². The molecular formula is C87H138O49. The Labute approximate surface area is 780 Å². The molecule has 0 aromatic heterocycles. The highest BCUT2D eigenvalue weighted by Crippen LogP contribution is 2.76. The van der Waals surface area contributed by atoms with Gasteiger partial charge in [-0.15, -0.1) is 0 Å². The van der Waals surface area contributed by atoms with Gasteiger partial charge in [-0.05, 0) is 124 Å². The topological polar surface area (TPSA) is 762 Å². The van der Waals surface area contributed by atoms with E-state index in [1.54, 1.807) is 6.92 Å². The number of aliphatic hydroxyl groups excluding tert-OH is 25. The van der Waals surface area contributed by atoms with E-state index >= 15 is 4.79 Å². The first-order chi connectivity index (χ1) is 64.0. The summed E-state index contributed by atoms with van der Waals surface area (Å²) in [6.45, 7) is 11.6. The molecule has 26 N–H and O–H groups in total. The van der Waals surface area contributed by atoms with E-state index in [-0.39, 0.29) is 25.2 Å². The molecule has 0 radical (unpaired) electrons. The number of carbonyl (C=O) groups is 3. The van der Waals surface area contributed by atoms with Gasteiger partial charge in [-0.1, -0.05) is 53.2 Å². The summed E-state index contributed by atoms with van der Waals surface area (Å²) in [5.74, 6) is -3.95. The molecule has 56 unspecified atom stereocenters. The van der Waals surface area contributed by atoms with E-state index in [4.69, 9.17) is 94.7 Å². The van der Waals surface area contributed by atoms with Crippen LogP contribution in [0, 0.1) is 50.2 Å². The molecule has 780 valence electrons. The molecule has 10 heterocycles. The molecule has 4 saturated carbocycles. The van der Waals surface area contributed by atoms with E-state index in [2.05, 4.69) is 40.7 Å². The summed E-state index contributed by atoms with van der Waals surface area (Å²) < 4.78 is 122. The van der Waals surface area contributed by atoms with Crippen molar-refractivity contribution in [3.05, 3.63) is 11.6 Å². The van der Waals surface area contributed by atoms with Crippen molar-refractivity contribution in [3.8, 4) is 0 Å². The molecule has 0 bridgehead atoms. The number of carbonyl (C=O) groups excluding carboxylic acids is 2. The monoisotopic (exact) mass is 1970 g/mol. The van der Waals surface area contributed by atoms with Gasteiger partial charge >= 0.3 is 11.9 Å². The van der Waals surface area contributed by atoms with Gasteiger partial charge in [0, 0.05) is 0 Å². The van der Waals surface area contributed by atoms with E-state index in [1.165, 1.54) is 20.8 Å². The lowest BCUT2D eigenvalue weighted by molar-refractivity contribution is -0.404. The number of allylic oxidation sites excluding steroid dienone is 2. The lowest BCUT2D eigenvalue weighted by atomic mass is 9.33. The maximum absolute atomic E-state index is 16.2. The van der Waals surface area contributed by atoms with Gasteiger partial charge in [0.05, 0.1) is 74.9 Å². The van der Waals surface area contributed by atoms with Crippen molar-refractivity contribution in [1.29, 1.82) is 0 Å². The molecule has 0 spiro atoms. The number of esters is 1. The van der Waals surface area contributed by atoms with Crippen LogP contribution in [0.5, 0.6) is 0 Å². The van der Waals surface area contributed by atoms with Crippen LogP contribution in [0.25, 0.3) is 0 Å². The summed E-state index contributed by atoms with van der Waals surface area (Å²) >= 11 is 0. The number of carboxylic acids is 1. The Morgan fingerprint density at radius 1 is 0.382 bits per heavy atom. The Morgan fingerprint density at radius 3 is 1.36 bits per heavy atom. The van der Waals surface area contributed by atoms with Gasteiger partial charge in [-0.2, -0.15) is 0 Å². The Kier molecular flexibility index (Phi) is 32.6. The third-order valence-corrected chi connectivity index (χ3v) is 32.8. The molecule has 56 atom stereocenters. The molecule has 49 heteroatoms. The molecule has 10 saturated heterocycles. The average molecular weight is 1970 g/mol. The highest BCUT2D eigenvalue weighted by atomic mass is 16.8. The number of ether oxygens (including phenoxy) is 20. The zero-order chi connectivity index (χ0) is 99.0. The summed E-state index contributed by atoms with van der Waals surface area (Å²) in [6, 6.07) is 0. The minimum atomic E-state index is -2.35. The second kappa shape index (κ2) is 41.5. The van der Waals surface area contributed by atoms with E-state index < -0.39 is 391 Å². The standard InChI is InChI=1S/C87H138O49/c1-28-42(94)49(101)55(107)73(120-28)134-68-65(130-79-66(132-75-57(109)51(103)46(98)36(22-89)124-75)48(100)38(26-119-79)126-71-53(105)43(95)33(92)24-117-71)61(113)78(135-69(68)70(114)115)127-41-13-14-83(6)39(84(41,7)27-91)12-15-86(9)40(83)11-10-31-32-20-82(4,5)16-18-87(32,19-17-85(31,86)8)81(116)136-77-60(112)64(63(30(3)121-77)129-72-54(106)44(96)34(93)25-118-72)131-80-67(133-76-58(110)52(104)47(99)37(23-90)125-76)59(111)62(29(2)122-80)128-74-56(108)50(102)45(97)35(21-88)123-74/h10,27-30,32-69,71-80,88-90,92-113H,11-26H2,1-9H3,(H,114,115). The first-order valence-corrected chi connectivity index (χ1v) is 46.7. The molecule has 136 heavy (non-hydrogen) atoms. The summed E-state index contributed by atoms with van der Waals surface area (Å²) in [5.41, 5.74) is -4.37. The first-order valence-electron chi connectivity index (χ1n) is 46.7. The molecule has 0 amide bonds. The lowest BCUT2D eigenvalue weighted by Gasteiger charge is -2.71. The Morgan fingerprint density at radius 2 is 0.816 bits per heavy atom. The van der Waals surface area contributed by atoms with E-state index in [1.807, 2.05) is 0 Å². The second-order valence-electron chi connectivity index (χ2n) is 41.4. The van der Waals surface area contributed by atoms with Gasteiger partial charge in [-0.3, -0.25) is 4.79 Å². The predicted molar refractivity (Wildman–Crippen MR) is 437 cm³/mol. The number of aldehydes is 1. The lowest BCUT2D eigenvalue weighted by Crippen LogP contribution is -2.69. The maximum Gasteiger partial charge on any atom is 0.335 e. The third kappa shape index (κ3) is 19.2. The number of aliphatic hydroxyl groups is 25. The number of hydrogen-bond donors (Lipinski definition) is 26. The predicted octanol–water partition coefficient (Wildman–Crippen LogP) is -10.8. The van der Waals surface area contributed by atoms with Crippen LogP contribution in [0.2, 0.25) is 0 Å². The Balaban J connectivity index is 0.700. The zero-order valence-electron chi connectivity index (χ0n) is 76.4. The van der Waals surface area contributed by atoms with Crippen LogP contribution in [0.15, 0.2) is 11.6 Å². The van der Waals surface area contributed by atoms with Gasteiger partial charge in [0.25, 0.3) is 0 Å². The maximum atomic E-state index is 16.2. The van der Waals surface area contributed by atoms with E-state index in [0.29, 0.717) is 44.9 Å². The van der Waals surface area contributed by atoms with Crippen LogP contribution in [0.3, 0.4) is 0 Å². The van der Waals surface area contributed by atoms with Crippen LogP contribution in [0.1, 0.15) is 127 Å². The van der Waals surface area contributed by atoms with Crippen molar-refractivity contribution in [1.82, 2.24) is 0 Å². The molecule has 5 aliphatic carbocycles. The molecule has 15 rings (SSSR count). The van der Waals surface area contributed by atoms with E-state index in [0.717, 1.165) is 11.9 Å². The van der Waals surface area contributed by atoms with Crippen molar-refractivity contribution in [2.24, 2.45) is 50.2 Å². The fourth-order valence-electron chi connectivity index (χ4n) is 24.2. The first kappa shape index (κ1) is 107. The number of aliphatic carboxylic acids is 1. The van der Waals surface area contributed by atoms with Crippen LogP contribution < -0.4 is 0 Å². The fraction of sp³-hybridized carbons (Fsp3) is 0.943. The fourth-order valence-corrected chi connectivity index (χ4v) is 24.2.